The summed E-state index contributed by atoms with van der Waals surface area (Å²) >= 11 is 0. The summed E-state index contributed by atoms with van der Waals surface area (Å²) in [6.07, 6.45) is 8.19. The number of piperidine rings is 1. The Morgan fingerprint density at radius 2 is 1.57 bits per heavy atom. The summed E-state index contributed by atoms with van der Waals surface area (Å²) in [6, 6.07) is 9.40. The van der Waals surface area contributed by atoms with Gasteiger partial charge in [0, 0.05) is 117 Å². The highest BCUT2D eigenvalue weighted by Gasteiger charge is 2.40. The number of rotatable bonds is 19. The minimum atomic E-state index is -3.69. The number of aryl methyl sites for hydroxylation is 2. The Kier molecular flexibility index (Phi) is 13.5. The van der Waals surface area contributed by atoms with E-state index in [0.717, 1.165) is 47.3 Å². The van der Waals surface area contributed by atoms with Crippen LogP contribution >= 0.6 is 0 Å². The molecular formula is C47H51N9O11S. The fraction of sp³-hybridized carbons (Fsp3) is 0.383. The van der Waals surface area contributed by atoms with Crippen LogP contribution in [-0.2, 0) is 59.6 Å². The van der Waals surface area contributed by atoms with Gasteiger partial charge in [-0.3, -0.25) is 53.4 Å². The van der Waals surface area contributed by atoms with Crippen LogP contribution in [0, 0.1) is 5.92 Å². The van der Waals surface area contributed by atoms with Crippen LogP contribution in [-0.4, -0.2) is 120 Å². The third kappa shape index (κ3) is 10.4. The van der Waals surface area contributed by atoms with E-state index < -0.39 is 62.6 Å². The Bertz CT molecular complexity index is 2990. The number of pyridine rings is 1. The monoisotopic (exact) mass is 949 g/mol. The van der Waals surface area contributed by atoms with Crippen molar-refractivity contribution < 1.29 is 46.8 Å². The van der Waals surface area contributed by atoms with E-state index in [4.69, 9.17) is 0 Å². The number of carbonyl (C=O) groups excluding carboxylic acids is 8. The number of H-pyrrole nitrogens is 1. The van der Waals surface area contributed by atoms with E-state index in [-0.39, 0.29) is 86.1 Å². The lowest BCUT2D eigenvalue weighted by Gasteiger charge is -2.29. The molecule has 2 fully saturated rings. The second-order valence-electron chi connectivity index (χ2n) is 17.6. The van der Waals surface area contributed by atoms with Crippen molar-refractivity contribution in [2.24, 2.45) is 13.0 Å². The lowest BCUT2D eigenvalue weighted by molar-refractivity contribution is -0.138. The van der Waals surface area contributed by atoms with Crippen molar-refractivity contribution in [3.63, 3.8) is 0 Å². The maximum absolute atomic E-state index is 14.1. The summed E-state index contributed by atoms with van der Waals surface area (Å²) in [4.78, 5) is 120. The Hall–Kier alpha value is -7.42. The summed E-state index contributed by atoms with van der Waals surface area (Å²) in [5.41, 5.74) is 3.76. The molecule has 0 radical (unpaired) electrons. The molecule has 1 aliphatic carbocycles. The van der Waals surface area contributed by atoms with Crippen molar-refractivity contribution in [1.29, 1.82) is 0 Å². The van der Waals surface area contributed by atoms with Gasteiger partial charge >= 0.3 is 0 Å². The molecule has 1 unspecified atom stereocenters. The lowest BCUT2D eigenvalue weighted by atomic mass is 9.95. The second kappa shape index (κ2) is 19.4. The van der Waals surface area contributed by atoms with Gasteiger partial charge in [-0.25, -0.2) is 8.42 Å². The number of nitrogens with one attached hydrogen (secondary N) is 6. The molecule has 5 heterocycles. The van der Waals surface area contributed by atoms with Crippen molar-refractivity contribution in [3.8, 4) is 11.1 Å². The minimum absolute atomic E-state index is 0.0159. The fourth-order valence-electron chi connectivity index (χ4n) is 8.76. The number of aromatic nitrogens is 2. The van der Waals surface area contributed by atoms with Crippen LogP contribution in [0.3, 0.4) is 0 Å². The fourth-order valence-corrected chi connectivity index (χ4v) is 9.56. The van der Waals surface area contributed by atoms with Gasteiger partial charge in [0.15, 0.2) is 9.84 Å². The Morgan fingerprint density at radius 3 is 2.29 bits per heavy atom. The van der Waals surface area contributed by atoms with Gasteiger partial charge in [-0.05, 0) is 79.0 Å². The van der Waals surface area contributed by atoms with Crippen LogP contribution < -0.4 is 32.1 Å². The molecular weight excluding hydrogens is 899 g/mol. The quantitative estimate of drug-likeness (QED) is 0.0572. The molecule has 2 aromatic heterocycles. The number of sulfone groups is 1. The van der Waals surface area contributed by atoms with Crippen molar-refractivity contribution in [2.45, 2.75) is 63.3 Å². The van der Waals surface area contributed by atoms with E-state index in [0.29, 0.717) is 53.1 Å². The molecule has 4 aromatic rings. The molecule has 356 valence electrons. The number of hydrogen-bond donors (Lipinski definition) is 6. The molecule has 2 aromatic carbocycles. The molecule has 3 aliphatic heterocycles. The first-order chi connectivity index (χ1) is 32.4. The number of anilines is 1. The highest BCUT2D eigenvalue weighted by molar-refractivity contribution is 7.89. The number of aromatic amines is 1. The topological polar surface area (TPSA) is 275 Å². The number of amides is 8. The first-order valence-corrected chi connectivity index (χ1v) is 24.4. The summed E-state index contributed by atoms with van der Waals surface area (Å²) in [7, 11) is -2.14. The molecule has 6 N–H and O–H groups in total. The number of nitrogens with zero attached hydrogens (tertiary/aromatic N) is 3. The molecule has 0 bridgehead atoms. The molecule has 21 heteroatoms. The van der Waals surface area contributed by atoms with Crippen LogP contribution in [0.2, 0.25) is 0 Å². The first kappa shape index (κ1) is 47.1. The maximum Gasteiger partial charge on any atom is 0.274 e. The van der Waals surface area contributed by atoms with Gasteiger partial charge in [0.25, 0.3) is 35.1 Å². The zero-order valence-corrected chi connectivity index (χ0v) is 38.3. The standard InChI is InChI=1S/C47H51N9O11S/c1-54-23-34(32-21-36(52-42(32)47(54)65)44(62)50-17-16-48-38(57)14-18-55-40(59)12-13-41(55)60)31-19-28(25-68(2,66)67)30(20-35(31)51-22-26-8-9-26)43(61)49-15-4-6-27-5-3-7-29-33(27)24-56(46(29)64)37-10-11-39(58)53-45(37)63/h3,5,7,12-13,19-21,23,26,37,51-52H,4,6,8-11,14-18,22,24-25H2,1-2H3,(H,48,57)(H,49,61)(H,50,62)(H,53,58,63). The number of carbonyl (C=O) groups is 8. The summed E-state index contributed by atoms with van der Waals surface area (Å²) in [5.74, 6) is -3.71. The van der Waals surface area contributed by atoms with Crippen LogP contribution in [0.5, 0.6) is 0 Å². The molecule has 68 heavy (non-hydrogen) atoms. The van der Waals surface area contributed by atoms with E-state index in [1.807, 2.05) is 6.07 Å². The van der Waals surface area contributed by atoms with Gasteiger partial charge in [-0.15, -0.1) is 0 Å². The van der Waals surface area contributed by atoms with E-state index in [9.17, 15) is 51.6 Å². The summed E-state index contributed by atoms with van der Waals surface area (Å²) in [6.45, 7) is 0.975. The van der Waals surface area contributed by atoms with Gasteiger partial charge in [0.1, 0.15) is 17.3 Å². The van der Waals surface area contributed by atoms with Gasteiger partial charge < -0.3 is 35.7 Å². The van der Waals surface area contributed by atoms with E-state index in [1.165, 1.54) is 15.5 Å². The molecule has 8 amide bonds. The SMILES string of the molecule is Cn1cc(-c2cc(CS(C)(=O)=O)c(C(=O)NCCCc3cccc4c3CN(C3CCC(=O)NC3=O)C4=O)cc2NCC2CC2)c2cc(C(=O)NCCNC(=O)CCN3C(=O)C=CC3=O)[nH]c2c1=O. The van der Waals surface area contributed by atoms with Crippen molar-refractivity contribution in [2.75, 3.05) is 44.3 Å². The van der Waals surface area contributed by atoms with Gasteiger partial charge in [-0.2, -0.15) is 0 Å². The Balaban J connectivity index is 0.983. The number of fused-ring (bicyclic) bond motifs is 2. The third-order valence-electron chi connectivity index (χ3n) is 12.5. The van der Waals surface area contributed by atoms with Crippen LogP contribution in [0.25, 0.3) is 22.0 Å². The molecule has 1 atom stereocenters. The first-order valence-electron chi connectivity index (χ1n) is 22.4. The average molecular weight is 950 g/mol. The molecule has 1 saturated carbocycles. The Morgan fingerprint density at radius 1 is 0.838 bits per heavy atom. The molecule has 8 rings (SSSR count). The average Bonchev–Trinajstić information content (AvgIpc) is 3.78. The van der Waals surface area contributed by atoms with Crippen LogP contribution in [0.1, 0.15) is 86.4 Å². The molecule has 20 nitrogen and oxygen atoms in total. The lowest BCUT2D eigenvalue weighted by Crippen LogP contribution is -2.52. The number of benzene rings is 2. The Labute approximate surface area is 390 Å². The number of imide groups is 2. The number of hydrogen-bond acceptors (Lipinski definition) is 12. The predicted octanol–water partition coefficient (Wildman–Crippen LogP) is 1.18. The second-order valence-corrected chi connectivity index (χ2v) is 19.7. The normalized spacial score (nSPS) is 16.9. The maximum atomic E-state index is 14.1. The van der Waals surface area contributed by atoms with Crippen molar-refractivity contribution in [1.82, 2.24) is 40.6 Å². The zero-order chi connectivity index (χ0) is 48.4. The van der Waals surface area contributed by atoms with Crippen LogP contribution in [0.15, 0.2) is 59.5 Å². The summed E-state index contributed by atoms with van der Waals surface area (Å²) in [5, 5.41) is 14.4. The van der Waals surface area contributed by atoms with Crippen molar-refractivity contribution >= 4 is 73.7 Å². The predicted molar refractivity (Wildman–Crippen MR) is 248 cm³/mol. The highest BCUT2D eigenvalue weighted by Crippen LogP contribution is 2.38. The van der Waals surface area contributed by atoms with Gasteiger partial charge in [0.05, 0.1) is 5.75 Å². The molecule has 1 saturated heterocycles. The smallest absolute Gasteiger partial charge is 0.274 e. The van der Waals surface area contributed by atoms with Crippen molar-refractivity contribution in [3.05, 3.63) is 98.6 Å². The largest absolute Gasteiger partial charge is 0.384 e. The third-order valence-corrected chi connectivity index (χ3v) is 13.3. The van der Waals surface area contributed by atoms with E-state index in [1.54, 1.807) is 37.5 Å². The molecule has 4 aliphatic rings. The van der Waals surface area contributed by atoms with Crippen LogP contribution in [0.4, 0.5) is 5.69 Å². The minimum Gasteiger partial charge on any atom is -0.384 e. The van der Waals surface area contributed by atoms with Gasteiger partial charge in [-0.1, -0.05) is 12.1 Å². The van der Waals surface area contributed by atoms with E-state index in [2.05, 4.69) is 31.6 Å². The molecule has 0 spiro atoms. The van der Waals surface area contributed by atoms with Gasteiger partial charge in [0.2, 0.25) is 17.7 Å². The zero-order valence-electron chi connectivity index (χ0n) is 37.5. The summed E-state index contributed by atoms with van der Waals surface area (Å²) < 4.78 is 27.2. The highest BCUT2D eigenvalue weighted by atomic mass is 32.2. The van der Waals surface area contributed by atoms with E-state index >= 15 is 0 Å².